The number of hydrogen-bond donors (Lipinski definition) is 3. The molecule has 0 radical (unpaired) electrons. The first-order chi connectivity index (χ1) is 12.6. The van der Waals surface area contributed by atoms with Crippen LogP contribution in [-0.4, -0.2) is 11.0 Å². The van der Waals surface area contributed by atoms with Gasteiger partial charge in [0.1, 0.15) is 0 Å². The van der Waals surface area contributed by atoms with Gasteiger partial charge in [-0.25, -0.2) is 0 Å². The Morgan fingerprint density at radius 3 is 1.81 bits per heavy atom. The number of benzene rings is 3. The van der Waals surface area contributed by atoms with Crippen LogP contribution in [0.2, 0.25) is 0 Å². The first-order valence-electron chi connectivity index (χ1n) is 8.22. The molecule has 3 rings (SSSR count). The maximum absolute atomic E-state index is 12.3. The van der Waals surface area contributed by atoms with Crippen LogP contribution in [-0.2, 0) is 0 Å². The minimum Gasteiger partial charge on any atom is -0.332 e. The first-order valence-corrected chi connectivity index (χ1v) is 8.63. The maximum Gasteiger partial charge on any atom is 0.255 e. The van der Waals surface area contributed by atoms with E-state index in [1.54, 1.807) is 0 Å². The minimum atomic E-state index is -0.120. The lowest BCUT2D eigenvalue weighted by Crippen LogP contribution is -2.19. The van der Waals surface area contributed by atoms with E-state index in [2.05, 4.69) is 16.0 Å². The van der Waals surface area contributed by atoms with Crippen LogP contribution in [0.4, 0.5) is 17.1 Å². The smallest absolute Gasteiger partial charge is 0.255 e. The molecule has 0 aliphatic rings. The Bertz CT molecular complexity index is 908. The SMILES string of the molecule is Cc1ccccc1C(=O)Nc1ccc(NC(=S)Nc2ccccc2)cc1. The summed E-state index contributed by atoms with van der Waals surface area (Å²) in [6.07, 6.45) is 0. The summed E-state index contributed by atoms with van der Waals surface area (Å²) in [4.78, 5) is 12.3. The van der Waals surface area contributed by atoms with Crippen molar-refractivity contribution in [2.45, 2.75) is 6.92 Å². The summed E-state index contributed by atoms with van der Waals surface area (Å²) in [5.74, 6) is -0.120. The molecule has 0 spiro atoms. The highest BCUT2D eigenvalue weighted by molar-refractivity contribution is 7.80. The van der Waals surface area contributed by atoms with Crippen molar-refractivity contribution in [2.24, 2.45) is 0 Å². The third kappa shape index (κ3) is 4.68. The van der Waals surface area contributed by atoms with Crippen molar-refractivity contribution < 1.29 is 4.79 Å². The molecule has 3 aromatic carbocycles. The van der Waals surface area contributed by atoms with E-state index in [1.807, 2.05) is 85.8 Å². The highest BCUT2D eigenvalue weighted by atomic mass is 32.1. The summed E-state index contributed by atoms with van der Waals surface area (Å²) >= 11 is 5.31. The third-order valence-electron chi connectivity index (χ3n) is 3.82. The third-order valence-corrected chi connectivity index (χ3v) is 4.03. The Morgan fingerprint density at radius 1 is 0.692 bits per heavy atom. The second-order valence-corrected chi connectivity index (χ2v) is 6.20. The molecular formula is C21H19N3OS. The average molecular weight is 361 g/mol. The fourth-order valence-corrected chi connectivity index (χ4v) is 2.71. The van der Waals surface area contributed by atoms with Crippen LogP contribution in [0.1, 0.15) is 15.9 Å². The topological polar surface area (TPSA) is 53.2 Å². The zero-order chi connectivity index (χ0) is 18.4. The monoisotopic (exact) mass is 361 g/mol. The lowest BCUT2D eigenvalue weighted by molar-refractivity contribution is 0.102. The number of carbonyl (C=O) groups excluding carboxylic acids is 1. The van der Waals surface area contributed by atoms with E-state index in [1.165, 1.54) is 0 Å². The molecule has 3 N–H and O–H groups in total. The van der Waals surface area contributed by atoms with Crippen LogP contribution in [0.3, 0.4) is 0 Å². The van der Waals surface area contributed by atoms with E-state index < -0.39 is 0 Å². The Balaban J connectivity index is 1.59. The van der Waals surface area contributed by atoms with E-state index in [4.69, 9.17) is 12.2 Å². The van der Waals surface area contributed by atoms with Gasteiger partial charge in [0, 0.05) is 22.6 Å². The molecule has 0 heterocycles. The van der Waals surface area contributed by atoms with Crippen LogP contribution in [0.25, 0.3) is 0 Å². The van der Waals surface area contributed by atoms with Gasteiger partial charge in [0.25, 0.3) is 5.91 Å². The quantitative estimate of drug-likeness (QED) is 0.569. The summed E-state index contributed by atoms with van der Waals surface area (Å²) < 4.78 is 0. The zero-order valence-corrected chi connectivity index (χ0v) is 15.1. The van der Waals surface area contributed by atoms with E-state index >= 15 is 0 Å². The van der Waals surface area contributed by atoms with Gasteiger partial charge in [-0.3, -0.25) is 4.79 Å². The van der Waals surface area contributed by atoms with Gasteiger partial charge in [-0.15, -0.1) is 0 Å². The molecule has 3 aromatic rings. The molecule has 0 atom stereocenters. The number of rotatable bonds is 4. The molecule has 4 nitrogen and oxygen atoms in total. The van der Waals surface area contributed by atoms with Crippen molar-refractivity contribution in [1.82, 2.24) is 0 Å². The molecule has 0 unspecified atom stereocenters. The Morgan fingerprint density at radius 2 is 1.19 bits per heavy atom. The lowest BCUT2D eigenvalue weighted by Gasteiger charge is -2.12. The van der Waals surface area contributed by atoms with E-state index in [9.17, 15) is 4.79 Å². The second kappa shape index (κ2) is 8.27. The van der Waals surface area contributed by atoms with Gasteiger partial charge in [-0.1, -0.05) is 36.4 Å². The summed E-state index contributed by atoms with van der Waals surface area (Å²) in [6.45, 7) is 1.92. The van der Waals surface area contributed by atoms with Crippen LogP contribution in [0.15, 0.2) is 78.9 Å². The summed E-state index contributed by atoms with van der Waals surface area (Å²) in [7, 11) is 0. The summed E-state index contributed by atoms with van der Waals surface area (Å²) in [5, 5.41) is 9.65. The summed E-state index contributed by atoms with van der Waals surface area (Å²) in [5.41, 5.74) is 4.11. The molecule has 0 aromatic heterocycles. The second-order valence-electron chi connectivity index (χ2n) is 5.79. The highest BCUT2D eigenvalue weighted by Crippen LogP contribution is 2.16. The van der Waals surface area contributed by atoms with Crippen molar-refractivity contribution in [3.05, 3.63) is 90.0 Å². The predicted octanol–water partition coefficient (Wildman–Crippen LogP) is 5.06. The van der Waals surface area contributed by atoms with Gasteiger partial charge in [0.2, 0.25) is 0 Å². The molecule has 0 bridgehead atoms. The van der Waals surface area contributed by atoms with Crippen LogP contribution >= 0.6 is 12.2 Å². The van der Waals surface area contributed by atoms with Gasteiger partial charge in [-0.2, -0.15) is 0 Å². The van der Waals surface area contributed by atoms with Crippen LogP contribution in [0, 0.1) is 6.92 Å². The van der Waals surface area contributed by atoms with E-state index in [0.29, 0.717) is 10.7 Å². The highest BCUT2D eigenvalue weighted by Gasteiger charge is 2.08. The summed E-state index contributed by atoms with van der Waals surface area (Å²) in [6, 6.07) is 24.6. The minimum absolute atomic E-state index is 0.120. The fourth-order valence-electron chi connectivity index (χ4n) is 2.48. The lowest BCUT2D eigenvalue weighted by atomic mass is 10.1. The number of anilines is 3. The molecule has 5 heteroatoms. The van der Waals surface area contributed by atoms with E-state index in [0.717, 1.165) is 22.6 Å². The average Bonchev–Trinajstić information content (AvgIpc) is 2.64. The number of hydrogen-bond acceptors (Lipinski definition) is 2. The molecule has 0 aliphatic carbocycles. The zero-order valence-electron chi connectivity index (χ0n) is 14.3. The Hall–Kier alpha value is -3.18. The molecule has 0 saturated carbocycles. The Labute approximate surface area is 158 Å². The van der Waals surface area contributed by atoms with Crippen LogP contribution in [0.5, 0.6) is 0 Å². The number of amides is 1. The largest absolute Gasteiger partial charge is 0.332 e. The van der Waals surface area contributed by atoms with Gasteiger partial charge < -0.3 is 16.0 Å². The van der Waals surface area contributed by atoms with Crippen LogP contribution < -0.4 is 16.0 Å². The van der Waals surface area contributed by atoms with Crippen molar-refractivity contribution in [2.75, 3.05) is 16.0 Å². The van der Waals surface area contributed by atoms with Crippen molar-refractivity contribution in [1.29, 1.82) is 0 Å². The predicted molar refractivity (Wildman–Crippen MR) is 112 cm³/mol. The van der Waals surface area contributed by atoms with Crippen molar-refractivity contribution in [3.63, 3.8) is 0 Å². The van der Waals surface area contributed by atoms with Gasteiger partial charge in [-0.05, 0) is 67.2 Å². The van der Waals surface area contributed by atoms with E-state index in [-0.39, 0.29) is 5.91 Å². The first kappa shape index (κ1) is 17.6. The number of para-hydroxylation sites is 1. The molecule has 0 fully saturated rings. The number of thiocarbonyl (C=S) groups is 1. The molecule has 130 valence electrons. The molecule has 26 heavy (non-hydrogen) atoms. The Kier molecular flexibility index (Phi) is 5.61. The molecule has 0 aliphatic heterocycles. The number of carbonyl (C=O) groups is 1. The van der Waals surface area contributed by atoms with Gasteiger partial charge in [0.15, 0.2) is 5.11 Å². The standard InChI is InChI=1S/C21H19N3OS/c1-15-7-5-6-10-19(15)20(25)22-17-11-13-18(14-12-17)24-21(26)23-16-8-3-2-4-9-16/h2-14H,1H3,(H,22,25)(H2,23,24,26). The molecule has 1 amide bonds. The fraction of sp³-hybridized carbons (Fsp3) is 0.0476. The van der Waals surface area contributed by atoms with Crippen molar-refractivity contribution in [3.8, 4) is 0 Å². The van der Waals surface area contributed by atoms with Gasteiger partial charge in [0.05, 0.1) is 0 Å². The maximum atomic E-state index is 12.3. The number of aryl methyl sites for hydroxylation is 1. The normalized spacial score (nSPS) is 10.0. The molecular weight excluding hydrogens is 342 g/mol. The molecule has 0 saturated heterocycles. The van der Waals surface area contributed by atoms with Crippen molar-refractivity contribution >= 4 is 40.3 Å². The van der Waals surface area contributed by atoms with Gasteiger partial charge >= 0.3 is 0 Å². The number of nitrogens with one attached hydrogen (secondary N) is 3.